The van der Waals surface area contributed by atoms with Crippen molar-refractivity contribution in [2.24, 2.45) is 5.41 Å². The van der Waals surface area contributed by atoms with Gasteiger partial charge in [-0.3, -0.25) is 0 Å². The topological polar surface area (TPSA) is 52.6 Å². The average molecular weight is 198 g/mol. The minimum absolute atomic E-state index is 0.291. The summed E-state index contributed by atoms with van der Waals surface area (Å²) in [7, 11) is 0. The number of cyclic esters (lactones) is 1. The van der Waals surface area contributed by atoms with Gasteiger partial charge in [0.2, 0.25) is 6.10 Å². The Kier molecular flexibility index (Phi) is 2.93. The van der Waals surface area contributed by atoms with Crippen LogP contribution < -0.4 is 0 Å². The van der Waals surface area contributed by atoms with Gasteiger partial charge in [-0.15, -0.1) is 0 Å². The van der Waals surface area contributed by atoms with Gasteiger partial charge in [-0.05, 0) is 6.92 Å². The standard InChI is InChI=1S/C10H14O4/c1-4-5-7(11)14-8-9(12)13-6-10(8,2)3/h4-5,8H,6H2,1-3H3/b5-4+/t8-/m1/s1. The lowest BCUT2D eigenvalue weighted by Gasteiger charge is -2.20. The SMILES string of the molecule is C/C=C/C(=O)O[C@@H]1C(=O)OCC1(C)C. The van der Waals surface area contributed by atoms with Crippen molar-refractivity contribution in [3.63, 3.8) is 0 Å². The van der Waals surface area contributed by atoms with E-state index in [0.29, 0.717) is 6.61 Å². The van der Waals surface area contributed by atoms with Crippen LogP contribution in [0.3, 0.4) is 0 Å². The summed E-state index contributed by atoms with van der Waals surface area (Å²) in [4.78, 5) is 22.3. The zero-order chi connectivity index (χ0) is 10.8. The summed E-state index contributed by atoms with van der Waals surface area (Å²) >= 11 is 0. The molecule has 14 heavy (non-hydrogen) atoms. The van der Waals surface area contributed by atoms with E-state index in [9.17, 15) is 9.59 Å². The number of hydrogen-bond acceptors (Lipinski definition) is 4. The number of allylic oxidation sites excluding steroid dienone is 1. The first-order valence-electron chi connectivity index (χ1n) is 4.47. The van der Waals surface area contributed by atoms with Crippen molar-refractivity contribution < 1.29 is 19.1 Å². The van der Waals surface area contributed by atoms with Gasteiger partial charge in [0.25, 0.3) is 0 Å². The second-order valence-corrected chi connectivity index (χ2v) is 3.91. The first-order chi connectivity index (χ1) is 6.47. The maximum absolute atomic E-state index is 11.2. The van der Waals surface area contributed by atoms with E-state index in [1.165, 1.54) is 6.08 Å². The molecule has 0 unspecified atom stereocenters. The molecule has 0 N–H and O–H groups in total. The van der Waals surface area contributed by atoms with Crippen LogP contribution in [-0.4, -0.2) is 24.6 Å². The van der Waals surface area contributed by atoms with Crippen molar-refractivity contribution in [1.82, 2.24) is 0 Å². The number of hydrogen-bond donors (Lipinski definition) is 0. The molecule has 0 saturated carbocycles. The zero-order valence-electron chi connectivity index (χ0n) is 8.57. The third-order valence-corrected chi connectivity index (χ3v) is 2.05. The molecule has 1 fully saturated rings. The van der Waals surface area contributed by atoms with Crippen LogP contribution in [0.25, 0.3) is 0 Å². The maximum Gasteiger partial charge on any atom is 0.348 e. The molecule has 0 bridgehead atoms. The van der Waals surface area contributed by atoms with Gasteiger partial charge in [0.15, 0.2) is 0 Å². The summed E-state index contributed by atoms with van der Waals surface area (Å²) < 4.78 is 9.80. The minimum atomic E-state index is -0.786. The molecule has 4 heteroatoms. The largest absolute Gasteiger partial charge is 0.462 e. The van der Waals surface area contributed by atoms with E-state index in [1.807, 2.05) is 13.8 Å². The first kappa shape index (κ1) is 10.8. The van der Waals surface area contributed by atoms with Crippen molar-refractivity contribution in [2.75, 3.05) is 6.61 Å². The molecule has 0 aromatic heterocycles. The van der Waals surface area contributed by atoms with E-state index >= 15 is 0 Å². The van der Waals surface area contributed by atoms with Crippen LogP contribution in [-0.2, 0) is 19.1 Å². The Bertz CT molecular complexity index is 278. The molecule has 1 heterocycles. The van der Waals surface area contributed by atoms with Gasteiger partial charge in [0, 0.05) is 11.5 Å². The summed E-state index contributed by atoms with van der Waals surface area (Å²) in [5.74, 6) is -0.975. The molecular weight excluding hydrogens is 184 g/mol. The van der Waals surface area contributed by atoms with Crippen LogP contribution in [0.4, 0.5) is 0 Å². The molecule has 0 aliphatic carbocycles. The zero-order valence-corrected chi connectivity index (χ0v) is 8.57. The smallest absolute Gasteiger partial charge is 0.348 e. The average Bonchev–Trinajstić information content (AvgIpc) is 2.32. The highest BCUT2D eigenvalue weighted by molar-refractivity contribution is 5.86. The second-order valence-electron chi connectivity index (χ2n) is 3.91. The molecule has 0 aromatic rings. The number of carbonyl (C=O) groups is 2. The Morgan fingerprint density at radius 2 is 2.29 bits per heavy atom. The number of carbonyl (C=O) groups excluding carboxylic acids is 2. The molecular formula is C10H14O4. The Morgan fingerprint density at radius 3 is 2.71 bits per heavy atom. The minimum Gasteiger partial charge on any atom is -0.462 e. The predicted octanol–water partition coefficient (Wildman–Crippen LogP) is 1.06. The fraction of sp³-hybridized carbons (Fsp3) is 0.600. The predicted molar refractivity (Wildman–Crippen MR) is 49.4 cm³/mol. The van der Waals surface area contributed by atoms with Gasteiger partial charge in [-0.2, -0.15) is 0 Å². The van der Waals surface area contributed by atoms with Crippen molar-refractivity contribution in [2.45, 2.75) is 26.9 Å². The van der Waals surface area contributed by atoms with E-state index < -0.39 is 23.5 Å². The highest BCUT2D eigenvalue weighted by Crippen LogP contribution is 2.30. The van der Waals surface area contributed by atoms with Gasteiger partial charge < -0.3 is 9.47 Å². The van der Waals surface area contributed by atoms with E-state index in [-0.39, 0.29) is 0 Å². The van der Waals surface area contributed by atoms with Gasteiger partial charge in [-0.1, -0.05) is 19.9 Å². The molecule has 0 radical (unpaired) electrons. The summed E-state index contributed by atoms with van der Waals surface area (Å²) in [6.45, 7) is 5.65. The molecule has 1 rings (SSSR count). The fourth-order valence-corrected chi connectivity index (χ4v) is 1.23. The molecule has 0 spiro atoms. The summed E-state index contributed by atoms with van der Waals surface area (Å²) in [5.41, 5.74) is -0.436. The van der Waals surface area contributed by atoms with Gasteiger partial charge in [0.05, 0.1) is 0 Å². The van der Waals surface area contributed by atoms with Crippen molar-refractivity contribution in [3.05, 3.63) is 12.2 Å². The Hall–Kier alpha value is -1.32. The quantitative estimate of drug-likeness (QED) is 0.491. The number of ether oxygens (including phenoxy) is 2. The summed E-state index contributed by atoms with van der Waals surface area (Å²) in [6.07, 6.45) is 2.06. The number of rotatable bonds is 2. The monoisotopic (exact) mass is 198 g/mol. The first-order valence-corrected chi connectivity index (χ1v) is 4.47. The Morgan fingerprint density at radius 1 is 1.64 bits per heavy atom. The summed E-state index contributed by atoms with van der Waals surface area (Å²) in [5, 5.41) is 0. The van der Waals surface area contributed by atoms with E-state index in [1.54, 1.807) is 13.0 Å². The Labute approximate surface area is 82.9 Å². The van der Waals surface area contributed by atoms with Crippen LogP contribution in [0, 0.1) is 5.41 Å². The van der Waals surface area contributed by atoms with Crippen molar-refractivity contribution >= 4 is 11.9 Å². The highest BCUT2D eigenvalue weighted by atomic mass is 16.6. The van der Waals surface area contributed by atoms with Crippen LogP contribution in [0.15, 0.2) is 12.2 Å². The van der Waals surface area contributed by atoms with Crippen LogP contribution in [0.5, 0.6) is 0 Å². The lowest BCUT2D eigenvalue weighted by molar-refractivity contribution is -0.159. The molecule has 4 nitrogen and oxygen atoms in total. The van der Waals surface area contributed by atoms with Gasteiger partial charge in [-0.25, -0.2) is 9.59 Å². The van der Waals surface area contributed by atoms with E-state index in [2.05, 4.69) is 0 Å². The van der Waals surface area contributed by atoms with Crippen molar-refractivity contribution in [1.29, 1.82) is 0 Å². The van der Waals surface area contributed by atoms with Gasteiger partial charge in [0.1, 0.15) is 6.61 Å². The van der Waals surface area contributed by atoms with Crippen LogP contribution >= 0.6 is 0 Å². The lowest BCUT2D eigenvalue weighted by atomic mass is 9.90. The second kappa shape index (κ2) is 3.82. The molecule has 0 aromatic carbocycles. The number of esters is 2. The normalized spacial score (nSPS) is 25.1. The molecule has 1 atom stereocenters. The third-order valence-electron chi connectivity index (χ3n) is 2.05. The fourth-order valence-electron chi connectivity index (χ4n) is 1.23. The van der Waals surface area contributed by atoms with Crippen LogP contribution in [0.2, 0.25) is 0 Å². The molecule has 1 aliphatic heterocycles. The highest BCUT2D eigenvalue weighted by Gasteiger charge is 2.46. The van der Waals surface area contributed by atoms with E-state index in [4.69, 9.17) is 9.47 Å². The van der Waals surface area contributed by atoms with E-state index in [0.717, 1.165) is 0 Å². The van der Waals surface area contributed by atoms with Gasteiger partial charge >= 0.3 is 11.9 Å². The molecule has 78 valence electrons. The third kappa shape index (κ3) is 2.13. The lowest BCUT2D eigenvalue weighted by Crippen LogP contribution is -2.34. The summed E-state index contributed by atoms with van der Waals surface area (Å²) in [6, 6.07) is 0. The molecule has 1 saturated heterocycles. The molecule has 1 aliphatic rings. The molecule has 0 amide bonds. The Balaban J connectivity index is 2.67. The van der Waals surface area contributed by atoms with Crippen LogP contribution in [0.1, 0.15) is 20.8 Å². The maximum atomic E-state index is 11.2. The van der Waals surface area contributed by atoms with Crippen molar-refractivity contribution in [3.8, 4) is 0 Å².